The van der Waals surface area contributed by atoms with Crippen LogP contribution in [0.25, 0.3) is 0 Å². The Labute approximate surface area is 116 Å². The van der Waals surface area contributed by atoms with Crippen LogP contribution in [0.15, 0.2) is 24.3 Å². The lowest BCUT2D eigenvalue weighted by molar-refractivity contribution is 0.191. The van der Waals surface area contributed by atoms with E-state index in [-0.39, 0.29) is 0 Å². The van der Waals surface area contributed by atoms with Gasteiger partial charge < -0.3 is 10.8 Å². The number of aliphatic hydroxyl groups excluding tert-OH is 1. The number of benzene rings is 1. The van der Waals surface area contributed by atoms with E-state index in [0.29, 0.717) is 11.3 Å². The van der Waals surface area contributed by atoms with Crippen molar-refractivity contribution in [2.45, 2.75) is 7.77 Å². The molecule has 16 heavy (non-hydrogen) atoms. The molecule has 0 fully saturated rings. The zero-order chi connectivity index (χ0) is 12.6. The molecule has 1 aromatic rings. The normalized spacial score (nSPS) is 17.8. The van der Waals surface area contributed by atoms with E-state index in [2.05, 4.69) is 15.9 Å². The van der Waals surface area contributed by atoms with E-state index in [4.69, 9.17) is 5.73 Å². The van der Waals surface area contributed by atoms with Crippen LogP contribution >= 0.6 is 38.5 Å². The molecule has 90 valence electrons. The Balaban J connectivity index is 3.17. The Morgan fingerprint density at radius 1 is 1.56 bits per heavy atom. The van der Waals surface area contributed by atoms with Crippen molar-refractivity contribution >= 4 is 54.0 Å². The maximum absolute atomic E-state index is 11.5. The Bertz CT molecular complexity index is 489. The molecule has 0 saturated carbocycles. The van der Waals surface area contributed by atoms with Crippen LogP contribution < -0.4 is 5.73 Å². The van der Waals surface area contributed by atoms with E-state index in [1.54, 1.807) is 46.9 Å². The van der Waals surface area contributed by atoms with E-state index in [9.17, 15) is 13.5 Å². The number of hydrogen-bond donors (Lipinski definition) is 2. The van der Waals surface area contributed by atoms with Crippen molar-refractivity contribution < 1.29 is 13.5 Å². The van der Waals surface area contributed by atoms with Gasteiger partial charge in [-0.1, -0.05) is 28.1 Å². The molecule has 0 radical (unpaired) electrons. The van der Waals surface area contributed by atoms with E-state index < -0.39 is 17.6 Å². The first-order valence-electron chi connectivity index (χ1n) is 4.27. The second kappa shape index (κ2) is 4.79. The first-order valence-corrected chi connectivity index (χ1v) is 8.03. The largest absolute Gasteiger partial charge is 0.399 e. The van der Waals surface area contributed by atoms with E-state index in [1.807, 2.05) is 0 Å². The lowest BCUT2D eigenvalue weighted by atomic mass is 10.1. The molecule has 0 aliphatic heterocycles. The minimum absolute atomic E-state index is 0.455. The van der Waals surface area contributed by atoms with Crippen LogP contribution in [0.2, 0.25) is 0 Å². The molecule has 0 aromatic heterocycles. The van der Waals surface area contributed by atoms with Gasteiger partial charge in [0.1, 0.15) is 6.10 Å². The number of anilines is 1. The Morgan fingerprint density at radius 2 is 2.12 bits per heavy atom. The van der Waals surface area contributed by atoms with Crippen molar-refractivity contribution in [3.05, 3.63) is 29.8 Å². The fourth-order valence-corrected chi connectivity index (χ4v) is 2.29. The Hall–Kier alpha value is 0.140. The molecular formula is C9H11BrINO3S. The molecule has 2 unspecified atom stereocenters. The van der Waals surface area contributed by atoms with Crippen molar-refractivity contribution in [1.29, 1.82) is 0 Å². The maximum Gasteiger partial charge on any atom is 0.206 e. The summed E-state index contributed by atoms with van der Waals surface area (Å²) in [6, 6.07) is 6.50. The van der Waals surface area contributed by atoms with Gasteiger partial charge in [0.25, 0.3) is 0 Å². The maximum atomic E-state index is 11.5. The molecule has 7 heteroatoms. The molecule has 2 atom stereocenters. The van der Waals surface area contributed by atoms with E-state index in [1.165, 1.54) is 0 Å². The first-order chi connectivity index (χ1) is 7.16. The third kappa shape index (κ3) is 2.88. The number of hydrogen-bond acceptors (Lipinski definition) is 4. The molecule has 3 N–H and O–H groups in total. The number of sulfone groups is 1. The van der Waals surface area contributed by atoms with Gasteiger partial charge in [0.2, 0.25) is 1.66 Å². The summed E-state index contributed by atoms with van der Waals surface area (Å²) in [6.07, 6.45) is -0.129. The highest BCUT2D eigenvalue weighted by Gasteiger charge is 2.43. The van der Waals surface area contributed by atoms with Crippen molar-refractivity contribution in [2.75, 3.05) is 12.0 Å². The van der Waals surface area contributed by atoms with Gasteiger partial charge in [0.05, 0.1) is 0 Å². The second-order valence-electron chi connectivity index (χ2n) is 3.41. The summed E-state index contributed by atoms with van der Waals surface area (Å²) in [4.78, 5) is 0. The zero-order valence-corrected chi connectivity index (χ0v) is 13.0. The number of rotatable bonds is 3. The topological polar surface area (TPSA) is 80.4 Å². The highest BCUT2D eigenvalue weighted by Crippen LogP contribution is 2.44. The van der Waals surface area contributed by atoms with Crippen molar-refractivity contribution in [3.63, 3.8) is 0 Å². The molecule has 0 amide bonds. The summed E-state index contributed by atoms with van der Waals surface area (Å²) in [5.41, 5.74) is 6.50. The number of nitrogens with two attached hydrogens (primary N) is 1. The lowest BCUT2D eigenvalue weighted by Crippen LogP contribution is -2.31. The summed E-state index contributed by atoms with van der Waals surface area (Å²) >= 11 is 4.70. The molecule has 4 nitrogen and oxygen atoms in total. The number of halogens is 2. The zero-order valence-electron chi connectivity index (χ0n) is 8.39. The predicted octanol–water partition coefficient (Wildman–Crippen LogP) is 1.83. The Morgan fingerprint density at radius 3 is 2.56 bits per heavy atom. The number of aliphatic hydroxyl groups is 1. The van der Waals surface area contributed by atoms with Crippen molar-refractivity contribution in [3.8, 4) is 0 Å². The van der Waals surface area contributed by atoms with Gasteiger partial charge in [-0.15, -0.1) is 0 Å². The van der Waals surface area contributed by atoms with Gasteiger partial charge in [0, 0.05) is 11.9 Å². The second-order valence-corrected chi connectivity index (χ2v) is 11.3. The van der Waals surface area contributed by atoms with Crippen molar-refractivity contribution in [1.82, 2.24) is 0 Å². The average Bonchev–Trinajstić information content (AvgIpc) is 2.14. The van der Waals surface area contributed by atoms with E-state index in [0.717, 1.165) is 6.26 Å². The molecule has 0 saturated heterocycles. The molecule has 0 bridgehead atoms. The van der Waals surface area contributed by atoms with Crippen LogP contribution in [-0.4, -0.2) is 21.4 Å². The van der Waals surface area contributed by atoms with Gasteiger partial charge >= 0.3 is 0 Å². The molecule has 0 heterocycles. The fourth-order valence-electron chi connectivity index (χ4n) is 1.13. The summed E-state index contributed by atoms with van der Waals surface area (Å²) in [5.74, 6) is 0. The highest BCUT2D eigenvalue weighted by molar-refractivity contribution is 14.1. The molecular weight excluding hydrogens is 409 g/mol. The third-order valence-electron chi connectivity index (χ3n) is 2.04. The lowest BCUT2D eigenvalue weighted by Gasteiger charge is -2.25. The third-order valence-corrected chi connectivity index (χ3v) is 8.44. The van der Waals surface area contributed by atoms with Crippen molar-refractivity contribution in [2.24, 2.45) is 0 Å². The molecule has 0 spiro atoms. The SMILES string of the molecule is CS(=O)(=O)C(Br)(I)C(O)c1cccc(N)c1. The van der Waals surface area contributed by atoms with Crippen LogP contribution in [0, 0.1) is 0 Å². The van der Waals surface area contributed by atoms with Gasteiger partial charge in [-0.3, -0.25) is 0 Å². The standard InChI is InChI=1S/C9H11BrINO3S/c1-16(14,15)9(10,11)8(13)6-3-2-4-7(12)5-6/h2-5,8,13H,12H2,1H3. The van der Waals surface area contributed by atoms with E-state index >= 15 is 0 Å². The fraction of sp³-hybridized carbons (Fsp3) is 0.333. The van der Waals surface area contributed by atoms with Gasteiger partial charge in [-0.25, -0.2) is 8.42 Å². The Kier molecular flexibility index (Phi) is 4.25. The predicted molar refractivity (Wildman–Crippen MR) is 76.3 cm³/mol. The quantitative estimate of drug-likeness (QED) is 0.445. The average molecular weight is 420 g/mol. The molecule has 0 aliphatic rings. The first kappa shape index (κ1) is 14.2. The number of nitrogen functional groups attached to an aromatic ring is 1. The smallest absolute Gasteiger partial charge is 0.206 e. The summed E-state index contributed by atoms with van der Waals surface area (Å²) < 4.78 is 21.6. The van der Waals surface area contributed by atoms with Crippen LogP contribution in [0.5, 0.6) is 0 Å². The van der Waals surface area contributed by atoms with Gasteiger partial charge in [-0.05, 0) is 40.3 Å². The van der Waals surface area contributed by atoms with Crippen LogP contribution in [0.4, 0.5) is 5.69 Å². The summed E-state index contributed by atoms with van der Waals surface area (Å²) in [7, 11) is -3.45. The van der Waals surface area contributed by atoms with Crippen LogP contribution in [0.3, 0.4) is 0 Å². The minimum atomic E-state index is -3.45. The minimum Gasteiger partial charge on any atom is -0.399 e. The van der Waals surface area contributed by atoms with Crippen LogP contribution in [-0.2, 0) is 9.84 Å². The number of alkyl halides is 2. The molecule has 0 aliphatic carbocycles. The monoisotopic (exact) mass is 419 g/mol. The molecule has 1 aromatic carbocycles. The molecule has 1 rings (SSSR count). The van der Waals surface area contributed by atoms with Gasteiger partial charge in [-0.2, -0.15) is 0 Å². The van der Waals surface area contributed by atoms with Crippen LogP contribution in [0.1, 0.15) is 11.7 Å². The summed E-state index contributed by atoms with van der Waals surface area (Å²) in [6.45, 7) is 0. The van der Waals surface area contributed by atoms with Gasteiger partial charge in [0.15, 0.2) is 9.84 Å². The summed E-state index contributed by atoms with van der Waals surface area (Å²) in [5, 5.41) is 10.0. The highest BCUT2D eigenvalue weighted by atomic mass is 127.